The number of ether oxygens (including phenoxy) is 1. The van der Waals surface area contributed by atoms with Gasteiger partial charge in [-0.3, -0.25) is 0 Å². The SMILES string of the molecule is CC(Nc1ccc2c(c1)CCO2)c1ccc(Cl)s1. The summed E-state index contributed by atoms with van der Waals surface area (Å²) >= 11 is 7.58. The molecule has 0 amide bonds. The van der Waals surface area contributed by atoms with Gasteiger partial charge in [0.1, 0.15) is 5.75 Å². The number of hydrogen-bond acceptors (Lipinski definition) is 3. The van der Waals surface area contributed by atoms with E-state index in [0.29, 0.717) is 0 Å². The van der Waals surface area contributed by atoms with Crippen LogP contribution in [0, 0.1) is 0 Å². The first-order valence-corrected chi connectivity index (χ1v) is 7.19. The fraction of sp³-hybridized carbons (Fsp3) is 0.286. The summed E-state index contributed by atoms with van der Waals surface area (Å²) in [7, 11) is 0. The highest BCUT2D eigenvalue weighted by atomic mass is 35.5. The lowest BCUT2D eigenvalue weighted by Crippen LogP contribution is -2.04. The van der Waals surface area contributed by atoms with Crippen LogP contribution in [0.1, 0.15) is 23.4 Å². The van der Waals surface area contributed by atoms with E-state index in [1.165, 1.54) is 10.4 Å². The first kappa shape index (κ1) is 11.9. The predicted octanol–water partition coefficient (Wildman–Crippen LogP) is 4.51. The van der Waals surface area contributed by atoms with Crippen molar-refractivity contribution in [3.05, 3.63) is 45.1 Å². The van der Waals surface area contributed by atoms with Crippen molar-refractivity contribution in [3.8, 4) is 5.75 Å². The van der Waals surface area contributed by atoms with Gasteiger partial charge in [-0.1, -0.05) is 11.6 Å². The molecule has 1 atom stereocenters. The molecule has 0 saturated carbocycles. The van der Waals surface area contributed by atoms with Crippen molar-refractivity contribution in [3.63, 3.8) is 0 Å². The standard InChI is InChI=1S/C14H14ClNOS/c1-9(13-4-5-14(15)18-13)16-11-2-3-12-10(8-11)6-7-17-12/h2-5,8-9,16H,6-7H2,1H3. The third kappa shape index (κ3) is 2.33. The zero-order valence-electron chi connectivity index (χ0n) is 10.1. The van der Waals surface area contributed by atoms with Gasteiger partial charge in [0, 0.05) is 17.0 Å². The van der Waals surface area contributed by atoms with E-state index in [0.717, 1.165) is 28.8 Å². The Kier molecular flexibility index (Phi) is 3.18. The highest BCUT2D eigenvalue weighted by Crippen LogP contribution is 2.32. The third-order valence-electron chi connectivity index (χ3n) is 3.09. The molecule has 0 fully saturated rings. The van der Waals surface area contributed by atoms with Crippen LogP contribution in [-0.4, -0.2) is 6.61 Å². The van der Waals surface area contributed by atoms with E-state index in [1.807, 2.05) is 12.1 Å². The summed E-state index contributed by atoms with van der Waals surface area (Å²) in [5, 5.41) is 3.50. The molecule has 0 radical (unpaired) electrons. The number of anilines is 1. The highest BCUT2D eigenvalue weighted by molar-refractivity contribution is 7.16. The van der Waals surface area contributed by atoms with Crippen molar-refractivity contribution in [2.75, 3.05) is 11.9 Å². The molecule has 3 rings (SSSR count). The number of fused-ring (bicyclic) bond motifs is 1. The van der Waals surface area contributed by atoms with Crippen molar-refractivity contribution < 1.29 is 4.74 Å². The minimum atomic E-state index is 0.267. The van der Waals surface area contributed by atoms with Crippen LogP contribution in [0.3, 0.4) is 0 Å². The van der Waals surface area contributed by atoms with Gasteiger partial charge in [-0.05, 0) is 42.8 Å². The van der Waals surface area contributed by atoms with Gasteiger partial charge in [-0.2, -0.15) is 0 Å². The van der Waals surface area contributed by atoms with Gasteiger partial charge in [0.15, 0.2) is 0 Å². The number of thiophene rings is 1. The van der Waals surface area contributed by atoms with Crippen molar-refractivity contribution in [1.82, 2.24) is 0 Å². The van der Waals surface area contributed by atoms with Crippen LogP contribution in [-0.2, 0) is 6.42 Å². The summed E-state index contributed by atoms with van der Waals surface area (Å²) < 4.78 is 6.34. The van der Waals surface area contributed by atoms with Gasteiger partial charge >= 0.3 is 0 Å². The molecule has 0 aliphatic carbocycles. The molecule has 1 N–H and O–H groups in total. The Morgan fingerprint density at radius 2 is 2.22 bits per heavy atom. The first-order chi connectivity index (χ1) is 8.72. The van der Waals surface area contributed by atoms with Gasteiger partial charge in [0.05, 0.1) is 17.0 Å². The minimum Gasteiger partial charge on any atom is -0.493 e. The number of benzene rings is 1. The summed E-state index contributed by atoms with van der Waals surface area (Å²) in [5.41, 5.74) is 2.42. The van der Waals surface area contributed by atoms with E-state index < -0.39 is 0 Å². The molecule has 1 unspecified atom stereocenters. The van der Waals surface area contributed by atoms with Gasteiger partial charge in [0.25, 0.3) is 0 Å². The minimum absolute atomic E-state index is 0.267. The van der Waals surface area contributed by atoms with E-state index in [2.05, 4.69) is 30.4 Å². The summed E-state index contributed by atoms with van der Waals surface area (Å²) in [6.07, 6.45) is 1.00. The quantitative estimate of drug-likeness (QED) is 0.892. The Bertz CT molecular complexity index is 567. The molecule has 2 heterocycles. The zero-order valence-corrected chi connectivity index (χ0v) is 11.6. The number of halogens is 1. The van der Waals surface area contributed by atoms with Crippen LogP contribution >= 0.6 is 22.9 Å². The Hall–Kier alpha value is -1.19. The van der Waals surface area contributed by atoms with E-state index >= 15 is 0 Å². The summed E-state index contributed by atoms with van der Waals surface area (Å²) in [6.45, 7) is 2.95. The maximum atomic E-state index is 5.96. The maximum Gasteiger partial charge on any atom is 0.122 e. The van der Waals surface area contributed by atoms with Gasteiger partial charge in [0.2, 0.25) is 0 Å². The molecule has 1 aliphatic rings. The van der Waals surface area contributed by atoms with E-state index in [-0.39, 0.29) is 6.04 Å². The highest BCUT2D eigenvalue weighted by Gasteiger charge is 2.13. The van der Waals surface area contributed by atoms with Crippen LogP contribution in [0.15, 0.2) is 30.3 Å². The third-order valence-corrected chi connectivity index (χ3v) is 4.51. The molecule has 0 bridgehead atoms. The molecular weight excluding hydrogens is 266 g/mol. The number of rotatable bonds is 3. The second-order valence-corrected chi connectivity index (χ2v) is 6.18. The molecule has 2 aromatic rings. The van der Waals surface area contributed by atoms with E-state index in [4.69, 9.17) is 16.3 Å². The second-order valence-electron chi connectivity index (χ2n) is 4.43. The topological polar surface area (TPSA) is 21.3 Å². The Morgan fingerprint density at radius 3 is 3.00 bits per heavy atom. The average molecular weight is 280 g/mol. The van der Waals surface area contributed by atoms with E-state index in [9.17, 15) is 0 Å². The van der Waals surface area contributed by atoms with Crippen LogP contribution < -0.4 is 10.1 Å². The first-order valence-electron chi connectivity index (χ1n) is 6.00. The average Bonchev–Trinajstić information content (AvgIpc) is 2.96. The number of hydrogen-bond donors (Lipinski definition) is 1. The molecule has 0 saturated heterocycles. The predicted molar refractivity (Wildman–Crippen MR) is 77.0 cm³/mol. The smallest absolute Gasteiger partial charge is 0.122 e. The van der Waals surface area contributed by atoms with Gasteiger partial charge in [-0.25, -0.2) is 0 Å². The van der Waals surface area contributed by atoms with Gasteiger partial charge < -0.3 is 10.1 Å². The van der Waals surface area contributed by atoms with Crippen molar-refractivity contribution in [2.45, 2.75) is 19.4 Å². The second kappa shape index (κ2) is 4.82. The van der Waals surface area contributed by atoms with Crippen LogP contribution in [0.5, 0.6) is 5.75 Å². The van der Waals surface area contributed by atoms with Crippen LogP contribution in [0.25, 0.3) is 0 Å². The molecule has 2 nitrogen and oxygen atoms in total. The van der Waals surface area contributed by atoms with E-state index in [1.54, 1.807) is 11.3 Å². The molecule has 1 aromatic carbocycles. The number of nitrogens with one attached hydrogen (secondary N) is 1. The summed E-state index contributed by atoms with van der Waals surface area (Å²) in [4.78, 5) is 1.25. The molecule has 94 valence electrons. The Morgan fingerprint density at radius 1 is 1.33 bits per heavy atom. The lowest BCUT2D eigenvalue weighted by Gasteiger charge is -2.14. The van der Waals surface area contributed by atoms with Gasteiger partial charge in [-0.15, -0.1) is 11.3 Å². The maximum absolute atomic E-state index is 5.96. The van der Waals surface area contributed by atoms with Crippen LogP contribution in [0.2, 0.25) is 4.34 Å². The van der Waals surface area contributed by atoms with Crippen molar-refractivity contribution in [1.29, 1.82) is 0 Å². The summed E-state index contributed by atoms with van der Waals surface area (Å²) in [6, 6.07) is 10.6. The molecule has 4 heteroatoms. The summed E-state index contributed by atoms with van der Waals surface area (Å²) in [5.74, 6) is 1.02. The fourth-order valence-electron chi connectivity index (χ4n) is 2.16. The molecular formula is C14H14ClNOS. The monoisotopic (exact) mass is 279 g/mol. The molecule has 0 spiro atoms. The molecule has 18 heavy (non-hydrogen) atoms. The Balaban J connectivity index is 1.76. The van der Waals surface area contributed by atoms with Crippen molar-refractivity contribution >= 4 is 28.6 Å². The largest absolute Gasteiger partial charge is 0.493 e. The lowest BCUT2D eigenvalue weighted by molar-refractivity contribution is 0.357. The fourth-order valence-corrected chi connectivity index (χ4v) is 3.22. The Labute approximate surface area is 116 Å². The molecule has 1 aromatic heterocycles. The molecule has 1 aliphatic heterocycles. The zero-order chi connectivity index (χ0) is 12.5. The lowest BCUT2D eigenvalue weighted by atomic mass is 10.1. The van der Waals surface area contributed by atoms with Crippen LogP contribution in [0.4, 0.5) is 5.69 Å². The normalized spacial score (nSPS) is 15.0. The van der Waals surface area contributed by atoms with Crippen molar-refractivity contribution in [2.24, 2.45) is 0 Å².